The zero-order valence-corrected chi connectivity index (χ0v) is 13.8. The molecule has 0 atom stereocenters. The minimum Gasteiger partial charge on any atom is -0.707 e. The molecule has 0 heterocycles. The van der Waals surface area contributed by atoms with Crippen LogP contribution in [-0.2, 0) is 30.5 Å². The maximum Gasteiger partial charge on any atom is 2.00 e. The van der Waals surface area contributed by atoms with Gasteiger partial charge < -0.3 is 20.0 Å². The first-order valence-corrected chi connectivity index (χ1v) is 5.72. The van der Waals surface area contributed by atoms with Gasteiger partial charge in [0.05, 0.1) is 0 Å². The van der Waals surface area contributed by atoms with Crippen molar-refractivity contribution in [3.8, 4) is 0 Å². The first kappa shape index (κ1) is 17.7. The van der Waals surface area contributed by atoms with Crippen LogP contribution in [0.25, 0.3) is 0 Å². The van der Waals surface area contributed by atoms with E-state index in [-0.39, 0.29) is 21.1 Å². The van der Waals surface area contributed by atoms with Crippen molar-refractivity contribution in [3.63, 3.8) is 0 Å². The largest absolute Gasteiger partial charge is 2.00 e. The van der Waals surface area contributed by atoms with E-state index in [4.69, 9.17) is 4.65 Å². The Morgan fingerprint density at radius 1 is 1.53 bits per heavy atom. The Hall–Kier alpha value is -1.29. The second kappa shape index (κ2) is 9.62. The van der Waals surface area contributed by atoms with Gasteiger partial charge in [-0.25, -0.2) is 0 Å². The van der Waals surface area contributed by atoms with Crippen LogP contribution in [0.2, 0.25) is 0 Å². The molecule has 1 aromatic carbocycles. The number of urea groups is 1. The predicted molar refractivity (Wildman–Crippen MR) is 69.0 cm³/mol. The first-order valence-electron chi connectivity index (χ1n) is 5.72. The van der Waals surface area contributed by atoms with Gasteiger partial charge in [-0.1, -0.05) is 20.3 Å². The zero-order valence-electron chi connectivity index (χ0n) is 10.9. The Balaban J connectivity index is 0.00000324. The average Bonchev–Trinajstić information content (AvgIpc) is 2.37. The summed E-state index contributed by atoms with van der Waals surface area (Å²) in [5.41, 5.74) is 1.60. The van der Waals surface area contributed by atoms with Crippen molar-refractivity contribution >= 4 is 25.0 Å². The maximum atomic E-state index is 11.5. The van der Waals surface area contributed by atoms with E-state index in [9.17, 15) is 9.59 Å². The summed E-state index contributed by atoms with van der Waals surface area (Å²) in [7, 11) is -0.875. The second-order valence-corrected chi connectivity index (χ2v) is 3.80. The summed E-state index contributed by atoms with van der Waals surface area (Å²) >= 11 is 0. The van der Waals surface area contributed by atoms with E-state index < -0.39 is 13.1 Å². The molecule has 0 bridgehead atoms. The van der Waals surface area contributed by atoms with Gasteiger partial charge in [0.25, 0.3) is 0 Å². The molecule has 1 aromatic rings. The van der Waals surface area contributed by atoms with Gasteiger partial charge in [0, 0.05) is 6.54 Å². The topological polar surface area (TPSA) is 67.4 Å². The van der Waals surface area contributed by atoms with Crippen molar-refractivity contribution in [1.82, 2.24) is 10.5 Å². The summed E-state index contributed by atoms with van der Waals surface area (Å²) in [5.74, 6) is 0. The van der Waals surface area contributed by atoms with E-state index in [1.54, 1.807) is 12.1 Å². The number of benzene rings is 1. The molecule has 2 N–H and O–H groups in total. The van der Waals surface area contributed by atoms with Gasteiger partial charge in [-0.3, -0.25) is 4.79 Å². The molecule has 0 saturated carbocycles. The third-order valence-corrected chi connectivity index (χ3v) is 2.24. The molecule has 100 valence electrons. The van der Waals surface area contributed by atoms with E-state index in [1.807, 2.05) is 19.9 Å². The second-order valence-electron chi connectivity index (χ2n) is 3.80. The van der Waals surface area contributed by atoms with Crippen molar-refractivity contribution in [2.75, 3.05) is 6.54 Å². The molecule has 1 rings (SSSR count). The Morgan fingerprint density at radius 2 is 2.26 bits per heavy atom. The zero-order chi connectivity index (χ0) is 13.4. The maximum absolute atomic E-state index is 11.5. The van der Waals surface area contributed by atoms with Gasteiger partial charge in [0.1, 0.15) is 0 Å². The van der Waals surface area contributed by atoms with Crippen LogP contribution in [0.5, 0.6) is 0 Å². The quantitative estimate of drug-likeness (QED) is 0.504. The van der Waals surface area contributed by atoms with Crippen molar-refractivity contribution in [3.05, 3.63) is 29.8 Å². The van der Waals surface area contributed by atoms with Gasteiger partial charge in [-0.15, -0.1) is 5.46 Å². The molecule has 0 saturated heterocycles. The monoisotopic (exact) mass is 430 g/mol. The molecule has 0 radical (unpaired) electrons. The van der Waals surface area contributed by atoms with Gasteiger partial charge >= 0.3 is 34.1 Å². The number of aryl methyl sites for hydroxylation is 1. The molecule has 0 unspecified atom stereocenters. The number of carbonyl (C=O) groups is 1. The van der Waals surface area contributed by atoms with E-state index in [0.29, 0.717) is 12.0 Å². The normalized spacial score (nSPS) is 8.95. The number of nitrogens with one attached hydrogen (secondary N) is 2. The van der Waals surface area contributed by atoms with E-state index in [0.717, 1.165) is 12.0 Å². The van der Waals surface area contributed by atoms with Gasteiger partial charge in [0.15, 0.2) is 0 Å². The minimum absolute atomic E-state index is 0. The van der Waals surface area contributed by atoms with Crippen molar-refractivity contribution in [2.24, 2.45) is 0 Å². The summed E-state index contributed by atoms with van der Waals surface area (Å²) in [4.78, 5) is 21.8. The molecule has 0 aliphatic carbocycles. The van der Waals surface area contributed by atoms with Crippen molar-refractivity contribution in [2.45, 2.75) is 20.3 Å². The SMILES string of the molecule is CCCNC(=O)NB(O[C-]=O)c1[c-]cc(C)cc1.[W+2]. The van der Waals surface area contributed by atoms with Crippen LogP contribution in [-0.4, -0.2) is 26.1 Å². The molecule has 19 heavy (non-hydrogen) atoms. The average molecular weight is 430 g/mol. The fourth-order valence-corrected chi connectivity index (χ4v) is 1.31. The minimum atomic E-state index is -0.875. The van der Waals surface area contributed by atoms with Crippen molar-refractivity contribution < 1.29 is 35.3 Å². The molecule has 0 fully saturated rings. The molecular formula is C12H15BN2O3W. The van der Waals surface area contributed by atoms with Gasteiger partial charge in [-0.2, -0.15) is 29.8 Å². The number of amides is 2. The molecule has 0 aliphatic heterocycles. The number of carbonyl (C=O) groups excluding carboxylic acids is 2. The van der Waals surface area contributed by atoms with Crippen LogP contribution in [0.4, 0.5) is 4.79 Å². The fourth-order valence-electron chi connectivity index (χ4n) is 1.31. The molecule has 0 aliphatic rings. The van der Waals surface area contributed by atoms with E-state index in [2.05, 4.69) is 16.6 Å². The number of hydrogen-bond donors (Lipinski definition) is 2. The Bertz CT molecular complexity index is 400. The van der Waals surface area contributed by atoms with E-state index >= 15 is 0 Å². The van der Waals surface area contributed by atoms with Crippen LogP contribution in [0, 0.1) is 13.0 Å². The Labute approximate surface area is 127 Å². The van der Waals surface area contributed by atoms with Gasteiger partial charge in [-0.05, 0) is 6.42 Å². The fraction of sp³-hybridized carbons (Fsp3) is 0.333. The third kappa shape index (κ3) is 6.43. The number of hydrogen-bond acceptors (Lipinski definition) is 3. The first-order chi connectivity index (χ1) is 8.67. The van der Waals surface area contributed by atoms with Crippen LogP contribution < -0.4 is 16.0 Å². The van der Waals surface area contributed by atoms with Crippen LogP contribution >= 0.6 is 0 Å². The van der Waals surface area contributed by atoms with Crippen molar-refractivity contribution in [1.29, 1.82) is 0 Å². The molecule has 2 amide bonds. The summed E-state index contributed by atoms with van der Waals surface area (Å²) in [6.07, 6.45) is 0.829. The van der Waals surface area contributed by atoms with Crippen LogP contribution in [0.3, 0.4) is 0 Å². The standard InChI is InChI=1S/C12H15BN2O3.W/c1-3-8-14-12(17)15-13(18-9-16)11-6-4-10(2)5-7-11;/h4-6H,3,8H2,1-2H3,(H2,14,15,17);/q-2;+2. The Morgan fingerprint density at radius 3 is 2.79 bits per heavy atom. The molecule has 5 nitrogen and oxygen atoms in total. The Kier molecular flexibility index (Phi) is 8.97. The van der Waals surface area contributed by atoms with Crippen LogP contribution in [0.15, 0.2) is 18.2 Å². The smallest absolute Gasteiger partial charge is 0.707 e. The van der Waals surface area contributed by atoms with Crippen LogP contribution in [0.1, 0.15) is 18.9 Å². The summed E-state index contributed by atoms with van der Waals surface area (Å²) in [6.45, 7) is 5.75. The summed E-state index contributed by atoms with van der Waals surface area (Å²) in [5, 5.41) is 5.15. The molecule has 0 aromatic heterocycles. The number of rotatable bonds is 6. The van der Waals surface area contributed by atoms with Gasteiger partial charge in [0.2, 0.25) is 0 Å². The summed E-state index contributed by atoms with van der Waals surface area (Å²) in [6, 6.07) is 7.87. The molecule has 0 spiro atoms. The molecular weight excluding hydrogens is 415 g/mol. The van der Waals surface area contributed by atoms with E-state index in [1.165, 1.54) is 6.47 Å². The third-order valence-electron chi connectivity index (χ3n) is 2.24. The summed E-state index contributed by atoms with van der Waals surface area (Å²) < 4.78 is 4.71. The molecule has 7 heteroatoms. The predicted octanol–water partition coefficient (Wildman–Crippen LogP) is 0.281.